The van der Waals surface area contributed by atoms with Gasteiger partial charge in [0.25, 0.3) is 11.8 Å². The molecule has 0 spiro atoms. The number of anilines is 1. The van der Waals surface area contributed by atoms with Crippen LogP contribution in [0.4, 0.5) is 14.5 Å². The van der Waals surface area contributed by atoms with E-state index in [0.717, 1.165) is 23.8 Å². The Labute approximate surface area is 173 Å². The monoisotopic (exact) mass is 418 g/mol. The van der Waals surface area contributed by atoms with Crippen LogP contribution >= 0.6 is 0 Å². The molecule has 6 nitrogen and oxygen atoms in total. The first-order chi connectivity index (χ1) is 14.1. The topological polar surface area (TPSA) is 84.5 Å². The van der Waals surface area contributed by atoms with Crippen molar-refractivity contribution in [3.05, 3.63) is 65.2 Å². The van der Waals surface area contributed by atoms with E-state index in [2.05, 4.69) is 26.1 Å². The normalized spacial score (nSPS) is 11.0. The summed E-state index contributed by atoms with van der Waals surface area (Å²) in [4.78, 5) is 35.5. The third-order valence-electron chi connectivity index (χ3n) is 4.22. The third-order valence-corrected chi connectivity index (χ3v) is 4.22. The van der Waals surface area contributed by atoms with Gasteiger partial charge in [-0.1, -0.05) is 39.0 Å². The summed E-state index contributed by atoms with van der Waals surface area (Å²) in [6, 6.07) is 10.3. The maximum atomic E-state index is 13.5. The lowest BCUT2D eigenvalue weighted by molar-refractivity contribution is -0.147. The van der Waals surface area contributed by atoms with Gasteiger partial charge >= 0.3 is 5.97 Å². The molecule has 0 fully saturated rings. The molecule has 0 unspecified atom stereocenters. The second kappa shape index (κ2) is 9.96. The van der Waals surface area contributed by atoms with Crippen molar-refractivity contribution in [2.45, 2.75) is 32.6 Å². The van der Waals surface area contributed by atoms with Crippen LogP contribution in [0.15, 0.2) is 42.5 Å². The van der Waals surface area contributed by atoms with E-state index in [1.54, 1.807) is 12.1 Å². The number of carbonyl (C=O) groups is 3. The molecule has 2 aromatic rings. The van der Waals surface area contributed by atoms with Crippen molar-refractivity contribution in [3.8, 4) is 0 Å². The van der Waals surface area contributed by atoms with Crippen molar-refractivity contribution < 1.29 is 27.9 Å². The maximum absolute atomic E-state index is 13.5. The molecule has 0 saturated carbocycles. The number of amides is 2. The number of carbonyl (C=O) groups excluding carboxylic acids is 3. The van der Waals surface area contributed by atoms with Gasteiger partial charge in [-0.3, -0.25) is 14.4 Å². The molecule has 8 heteroatoms. The Hall–Kier alpha value is -3.29. The van der Waals surface area contributed by atoms with E-state index >= 15 is 0 Å². The van der Waals surface area contributed by atoms with Gasteiger partial charge in [-0.05, 0) is 35.2 Å². The maximum Gasteiger partial charge on any atom is 0.308 e. The van der Waals surface area contributed by atoms with E-state index in [9.17, 15) is 23.2 Å². The molecule has 2 aromatic carbocycles. The average Bonchev–Trinajstić information content (AvgIpc) is 2.68. The number of para-hydroxylation sites is 1. The molecule has 0 aliphatic heterocycles. The number of esters is 1. The van der Waals surface area contributed by atoms with Crippen molar-refractivity contribution >= 4 is 23.5 Å². The van der Waals surface area contributed by atoms with Gasteiger partial charge in [-0.25, -0.2) is 8.78 Å². The highest BCUT2D eigenvalue weighted by Crippen LogP contribution is 2.22. The first-order valence-electron chi connectivity index (χ1n) is 9.36. The predicted molar refractivity (Wildman–Crippen MR) is 108 cm³/mol. The number of hydrogen-bond acceptors (Lipinski definition) is 4. The first kappa shape index (κ1) is 23.0. The van der Waals surface area contributed by atoms with Gasteiger partial charge in [0.15, 0.2) is 6.61 Å². The second-order valence-electron chi connectivity index (χ2n) is 7.64. The standard InChI is InChI=1S/C22H24F2N2O4/c1-22(2,3)15-9-7-14(8-10-15)21(29)25-12-11-19(28)30-13-18(27)26-20-16(23)5-4-6-17(20)24/h4-10H,11-13H2,1-3H3,(H,25,29)(H,26,27). The fraction of sp³-hybridized carbons (Fsp3) is 0.318. The smallest absolute Gasteiger partial charge is 0.308 e. The lowest BCUT2D eigenvalue weighted by Gasteiger charge is -2.19. The molecule has 2 N–H and O–H groups in total. The van der Waals surface area contributed by atoms with Crippen LogP contribution in [-0.2, 0) is 19.7 Å². The van der Waals surface area contributed by atoms with Crippen LogP contribution in [-0.4, -0.2) is 30.9 Å². The fourth-order valence-electron chi connectivity index (χ4n) is 2.51. The first-order valence-corrected chi connectivity index (χ1v) is 9.36. The Kier molecular flexibility index (Phi) is 7.63. The summed E-state index contributed by atoms with van der Waals surface area (Å²) >= 11 is 0. The van der Waals surface area contributed by atoms with Crippen LogP contribution < -0.4 is 10.6 Å². The fourth-order valence-corrected chi connectivity index (χ4v) is 2.51. The lowest BCUT2D eigenvalue weighted by atomic mass is 9.87. The Morgan fingerprint density at radius 3 is 2.13 bits per heavy atom. The molecule has 0 atom stereocenters. The lowest BCUT2D eigenvalue weighted by Crippen LogP contribution is -2.28. The number of hydrogen-bond donors (Lipinski definition) is 2. The highest BCUT2D eigenvalue weighted by Gasteiger charge is 2.15. The Balaban J connectivity index is 1.73. The summed E-state index contributed by atoms with van der Waals surface area (Å²) < 4.78 is 31.7. The van der Waals surface area contributed by atoms with Gasteiger partial charge in [-0.2, -0.15) is 0 Å². The minimum Gasteiger partial charge on any atom is -0.456 e. The van der Waals surface area contributed by atoms with Gasteiger partial charge in [0, 0.05) is 12.1 Å². The number of ether oxygens (including phenoxy) is 1. The summed E-state index contributed by atoms with van der Waals surface area (Å²) in [7, 11) is 0. The van der Waals surface area contributed by atoms with E-state index in [1.165, 1.54) is 0 Å². The highest BCUT2D eigenvalue weighted by atomic mass is 19.1. The van der Waals surface area contributed by atoms with Crippen molar-refractivity contribution in [1.82, 2.24) is 5.32 Å². The Morgan fingerprint density at radius 2 is 1.57 bits per heavy atom. The summed E-state index contributed by atoms with van der Waals surface area (Å²) in [6.07, 6.45) is -0.160. The van der Waals surface area contributed by atoms with Gasteiger partial charge in [0.1, 0.15) is 17.3 Å². The van der Waals surface area contributed by atoms with Crippen LogP contribution in [0.5, 0.6) is 0 Å². The number of benzene rings is 2. The average molecular weight is 418 g/mol. The molecule has 0 radical (unpaired) electrons. The quantitative estimate of drug-likeness (QED) is 0.674. The van der Waals surface area contributed by atoms with E-state index < -0.39 is 35.8 Å². The minimum absolute atomic E-state index is 0.0161. The van der Waals surface area contributed by atoms with Crippen molar-refractivity contribution in [2.24, 2.45) is 0 Å². The molecule has 30 heavy (non-hydrogen) atoms. The van der Waals surface area contributed by atoms with Crippen LogP contribution in [0.1, 0.15) is 43.1 Å². The Morgan fingerprint density at radius 1 is 0.967 bits per heavy atom. The molecule has 0 saturated heterocycles. The van der Waals surface area contributed by atoms with Crippen LogP contribution in [0, 0.1) is 11.6 Å². The van der Waals surface area contributed by atoms with E-state index in [0.29, 0.717) is 5.56 Å². The van der Waals surface area contributed by atoms with Crippen molar-refractivity contribution in [3.63, 3.8) is 0 Å². The van der Waals surface area contributed by atoms with E-state index in [1.807, 2.05) is 17.4 Å². The van der Waals surface area contributed by atoms with Crippen LogP contribution in [0.3, 0.4) is 0 Å². The zero-order valence-electron chi connectivity index (χ0n) is 17.1. The van der Waals surface area contributed by atoms with Gasteiger partial charge in [0.2, 0.25) is 0 Å². The zero-order valence-corrected chi connectivity index (χ0v) is 17.1. The predicted octanol–water partition coefficient (Wildman–Crippen LogP) is 3.56. The number of nitrogens with one attached hydrogen (secondary N) is 2. The van der Waals surface area contributed by atoms with Gasteiger partial charge in [0.05, 0.1) is 6.42 Å². The third kappa shape index (κ3) is 6.65. The summed E-state index contributed by atoms with van der Waals surface area (Å²) in [5, 5.41) is 4.60. The van der Waals surface area contributed by atoms with E-state index in [4.69, 9.17) is 4.74 Å². The molecule has 2 rings (SSSR count). The molecule has 0 aromatic heterocycles. The minimum atomic E-state index is -0.937. The zero-order chi connectivity index (χ0) is 22.3. The summed E-state index contributed by atoms with van der Waals surface area (Å²) in [5.41, 5.74) is 0.922. The van der Waals surface area contributed by atoms with Crippen LogP contribution in [0.2, 0.25) is 0 Å². The second-order valence-corrected chi connectivity index (χ2v) is 7.64. The SMILES string of the molecule is CC(C)(C)c1ccc(C(=O)NCCC(=O)OCC(=O)Nc2c(F)cccc2F)cc1. The summed E-state index contributed by atoms with van der Waals surface area (Å²) in [6.45, 7) is 5.53. The molecule has 2 amide bonds. The van der Waals surface area contributed by atoms with Crippen molar-refractivity contribution in [1.29, 1.82) is 0 Å². The number of halogens is 2. The van der Waals surface area contributed by atoms with Crippen molar-refractivity contribution in [2.75, 3.05) is 18.5 Å². The molecule has 160 valence electrons. The largest absolute Gasteiger partial charge is 0.456 e. The van der Waals surface area contributed by atoms with Gasteiger partial charge in [-0.15, -0.1) is 0 Å². The number of rotatable bonds is 7. The summed E-state index contributed by atoms with van der Waals surface area (Å²) in [5.74, 6) is -3.82. The molecule has 0 bridgehead atoms. The van der Waals surface area contributed by atoms with Gasteiger partial charge < -0.3 is 15.4 Å². The molecule has 0 aliphatic carbocycles. The molecule has 0 heterocycles. The molecular weight excluding hydrogens is 394 g/mol. The van der Waals surface area contributed by atoms with Crippen LogP contribution in [0.25, 0.3) is 0 Å². The van der Waals surface area contributed by atoms with E-state index in [-0.39, 0.29) is 24.3 Å². The molecule has 0 aliphatic rings. The molecular formula is C22H24F2N2O4. The Bertz CT molecular complexity index is 901. The highest BCUT2D eigenvalue weighted by molar-refractivity contribution is 5.94.